The average Bonchev–Trinajstić information content (AvgIpc) is 3.07. The Bertz CT molecular complexity index is 642. The molecule has 27 heavy (non-hydrogen) atoms. The summed E-state index contributed by atoms with van der Waals surface area (Å²) in [5.74, 6) is -1.42. The minimum atomic E-state index is -1.50. The van der Waals surface area contributed by atoms with Gasteiger partial charge in [-0.2, -0.15) is 0 Å². The van der Waals surface area contributed by atoms with Gasteiger partial charge in [0.1, 0.15) is 12.1 Å². The van der Waals surface area contributed by atoms with Crippen LogP contribution in [0.5, 0.6) is 0 Å². The minimum Gasteiger partial charge on any atom is -0.383 e. The molecule has 2 atom stereocenters. The van der Waals surface area contributed by atoms with Crippen molar-refractivity contribution in [3.63, 3.8) is 0 Å². The van der Waals surface area contributed by atoms with E-state index in [2.05, 4.69) is 15.6 Å². The molecule has 0 radical (unpaired) electrons. The first kappa shape index (κ1) is 23.0. The molecule has 0 unspecified atom stereocenters. The number of aliphatic hydroxyl groups excluding tert-OH is 1. The summed E-state index contributed by atoms with van der Waals surface area (Å²) in [4.78, 5) is 40.7. The molecule has 0 saturated heterocycles. The number of carbonyl (C=O) groups excluding carboxylic acids is 3. The van der Waals surface area contributed by atoms with Crippen molar-refractivity contribution in [3.8, 4) is 0 Å². The quantitative estimate of drug-likeness (QED) is 0.410. The second kappa shape index (κ2) is 9.77. The lowest BCUT2D eigenvalue weighted by Gasteiger charge is -2.31. The lowest BCUT2D eigenvalue weighted by molar-refractivity contribution is -0.163. The second-order valence-electron chi connectivity index (χ2n) is 7.71. The number of rotatable bonds is 7. The summed E-state index contributed by atoms with van der Waals surface area (Å²) in [6.45, 7) is 9.02. The number of hydrogen-bond donors (Lipinski definition) is 4. The monoisotopic (exact) mass is 400 g/mol. The molecule has 1 rings (SSSR count). The van der Waals surface area contributed by atoms with E-state index >= 15 is 0 Å². The van der Waals surface area contributed by atoms with Gasteiger partial charge in [-0.05, 0) is 24.2 Å². The number of nitrogens with zero attached hydrogens (tertiary/aromatic N) is 2. The van der Waals surface area contributed by atoms with Gasteiger partial charge in [0, 0.05) is 11.6 Å². The van der Waals surface area contributed by atoms with E-state index in [1.165, 1.54) is 17.5 Å². The summed E-state index contributed by atoms with van der Waals surface area (Å²) < 4.78 is 0. The molecule has 1 heterocycles. The molecule has 4 amide bonds. The lowest BCUT2D eigenvalue weighted by Crippen LogP contribution is -2.56. The van der Waals surface area contributed by atoms with Crippen molar-refractivity contribution in [2.75, 3.05) is 5.32 Å². The Morgan fingerprint density at radius 3 is 2.37 bits per heavy atom. The zero-order chi connectivity index (χ0) is 20.8. The van der Waals surface area contributed by atoms with Crippen molar-refractivity contribution in [1.29, 1.82) is 0 Å². The zero-order valence-electron chi connectivity index (χ0n) is 16.2. The van der Waals surface area contributed by atoms with Crippen LogP contribution in [0.1, 0.15) is 47.5 Å². The summed E-state index contributed by atoms with van der Waals surface area (Å²) in [5.41, 5.74) is -0.711. The highest BCUT2D eigenvalue weighted by atomic mass is 32.1. The minimum absolute atomic E-state index is 0.119. The van der Waals surface area contributed by atoms with E-state index in [9.17, 15) is 24.7 Å². The van der Waals surface area contributed by atoms with Crippen molar-refractivity contribution < 1.29 is 24.7 Å². The summed E-state index contributed by atoms with van der Waals surface area (Å²) in [6.07, 6.45) is 0.704. The van der Waals surface area contributed by atoms with Crippen LogP contribution in [0.3, 0.4) is 0 Å². The maximum atomic E-state index is 12.5. The Balaban J connectivity index is 2.77. The van der Waals surface area contributed by atoms with Gasteiger partial charge in [-0.15, -0.1) is 16.4 Å². The lowest BCUT2D eigenvalue weighted by atomic mass is 9.86. The first-order chi connectivity index (χ1) is 12.4. The van der Waals surface area contributed by atoms with E-state index in [1.807, 2.05) is 13.8 Å². The predicted molar refractivity (Wildman–Crippen MR) is 101 cm³/mol. The SMILES string of the molecule is CC(C)CC[C@H](O)C(=O)N(O)C(=O)N[C@H](C(=O)Nc1nccs1)C(C)(C)C. The standard InChI is InChI=1S/C17H28N4O5S/c1-10(2)6-7-11(22)14(24)21(26)16(25)19-12(17(3,4)5)13(23)20-15-18-8-9-27-15/h8-12,22,26H,6-7H2,1-5H3,(H,19,25)(H,18,20,23)/t11-,12+/m0/s1. The first-order valence-electron chi connectivity index (χ1n) is 8.65. The number of nitrogens with one attached hydrogen (secondary N) is 2. The molecule has 0 spiro atoms. The Morgan fingerprint density at radius 2 is 1.89 bits per heavy atom. The molecule has 152 valence electrons. The number of aromatic nitrogens is 1. The number of hydrogen-bond acceptors (Lipinski definition) is 7. The van der Waals surface area contributed by atoms with E-state index < -0.39 is 35.4 Å². The molecule has 9 nitrogen and oxygen atoms in total. The van der Waals surface area contributed by atoms with Crippen LogP contribution in [0.2, 0.25) is 0 Å². The number of carbonyl (C=O) groups is 3. The third-order valence-electron chi connectivity index (χ3n) is 3.76. The van der Waals surface area contributed by atoms with E-state index in [4.69, 9.17) is 0 Å². The van der Waals surface area contributed by atoms with E-state index in [-0.39, 0.29) is 17.4 Å². The molecular weight excluding hydrogens is 372 g/mol. The average molecular weight is 401 g/mol. The number of imide groups is 1. The van der Waals surface area contributed by atoms with Crippen LogP contribution in [-0.4, -0.2) is 50.4 Å². The summed E-state index contributed by atoms with van der Waals surface area (Å²) >= 11 is 1.22. The number of anilines is 1. The van der Waals surface area contributed by atoms with Crippen LogP contribution in [0.25, 0.3) is 0 Å². The second-order valence-corrected chi connectivity index (χ2v) is 8.61. The van der Waals surface area contributed by atoms with Crippen LogP contribution in [0.4, 0.5) is 9.93 Å². The predicted octanol–water partition coefficient (Wildman–Crippen LogP) is 2.22. The van der Waals surface area contributed by atoms with Crippen LogP contribution in [-0.2, 0) is 9.59 Å². The van der Waals surface area contributed by atoms with Crippen LogP contribution < -0.4 is 10.6 Å². The molecule has 0 fully saturated rings. The van der Waals surface area contributed by atoms with Gasteiger partial charge in [0.05, 0.1) is 0 Å². The molecule has 0 bridgehead atoms. The Labute approximate surface area is 162 Å². The molecule has 0 aliphatic carbocycles. The number of amides is 4. The fourth-order valence-corrected chi connectivity index (χ4v) is 2.71. The van der Waals surface area contributed by atoms with Gasteiger partial charge in [-0.3, -0.25) is 14.8 Å². The summed E-state index contributed by atoms with van der Waals surface area (Å²) in [6, 6.07) is -2.23. The van der Waals surface area contributed by atoms with Gasteiger partial charge in [0.25, 0.3) is 5.91 Å². The zero-order valence-corrected chi connectivity index (χ0v) is 17.0. The maximum absolute atomic E-state index is 12.5. The third kappa shape index (κ3) is 7.24. The van der Waals surface area contributed by atoms with E-state index in [1.54, 1.807) is 26.2 Å². The van der Waals surface area contributed by atoms with Gasteiger partial charge < -0.3 is 15.7 Å². The maximum Gasteiger partial charge on any atom is 0.349 e. The van der Waals surface area contributed by atoms with Crippen LogP contribution in [0.15, 0.2) is 11.6 Å². The molecule has 0 saturated carbocycles. The van der Waals surface area contributed by atoms with Gasteiger partial charge >= 0.3 is 6.03 Å². The van der Waals surface area contributed by atoms with Gasteiger partial charge in [0.2, 0.25) is 5.91 Å². The number of hydroxylamine groups is 2. The van der Waals surface area contributed by atoms with Crippen LogP contribution >= 0.6 is 11.3 Å². The highest BCUT2D eigenvalue weighted by Crippen LogP contribution is 2.22. The van der Waals surface area contributed by atoms with E-state index in [0.29, 0.717) is 11.6 Å². The Kier molecular flexibility index (Phi) is 8.32. The fraction of sp³-hybridized carbons (Fsp3) is 0.647. The van der Waals surface area contributed by atoms with Crippen molar-refractivity contribution in [2.24, 2.45) is 11.3 Å². The van der Waals surface area contributed by atoms with Gasteiger partial charge in [-0.1, -0.05) is 34.6 Å². The Hall–Kier alpha value is -2.04. The van der Waals surface area contributed by atoms with Crippen molar-refractivity contribution in [2.45, 2.75) is 59.6 Å². The smallest absolute Gasteiger partial charge is 0.349 e. The van der Waals surface area contributed by atoms with Crippen molar-refractivity contribution in [3.05, 3.63) is 11.6 Å². The molecule has 1 aromatic rings. The normalized spacial score (nSPS) is 13.8. The topological polar surface area (TPSA) is 132 Å². The molecule has 1 aromatic heterocycles. The highest BCUT2D eigenvalue weighted by molar-refractivity contribution is 7.13. The van der Waals surface area contributed by atoms with Gasteiger partial charge in [-0.25, -0.2) is 9.78 Å². The molecule has 10 heteroatoms. The Morgan fingerprint density at radius 1 is 1.26 bits per heavy atom. The first-order valence-corrected chi connectivity index (χ1v) is 9.53. The fourth-order valence-electron chi connectivity index (χ4n) is 2.18. The molecular formula is C17H28N4O5S. The number of thiazole rings is 1. The van der Waals surface area contributed by atoms with Crippen LogP contribution in [0, 0.1) is 11.3 Å². The third-order valence-corrected chi connectivity index (χ3v) is 4.45. The summed E-state index contributed by atoms with van der Waals surface area (Å²) in [7, 11) is 0. The molecule has 0 aliphatic heterocycles. The van der Waals surface area contributed by atoms with Gasteiger partial charge in [0.15, 0.2) is 5.13 Å². The molecule has 4 N–H and O–H groups in total. The van der Waals surface area contributed by atoms with Crippen molar-refractivity contribution >= 4 is 34.3 Å². The largest absolute Gasteiger partial charge is 0.383 e. The molecule has 0 aliphatic rings. The van der Waals surface area contributed by atoms with Crippen molar-refractivity contribution in [1.82, 2.24) is 15.4 Å². The van der Waals surface area contributed by atoms with E-state index in [0.717, 1.165) is 0 Å². The number of aliphatic hydroxyl groups is 1. The summed E-state index contributed by atoms with van der Waals surface area (Å²) in [5, 5.41) is 26.5. The molecule has 0 aromatic carbocycles. The number of urea groups is 1. The highest BCUT2D eigenvalue weighted by Gasteiger charge is 2.36.